The van der Waals surface area contributed by atoms with Crippen LogP contribution in [0.25, 0.3) is 11.0 Å². The minimum absolute atomic E-state index is 0.340. The summed E-state index contributed by atoms with van der Waals surface area (Å²) in [6, 6.07) is 7.58. The fourth-order valence-corrected chi connectivity index (χ4v) is 1.51. The molecule has 0 N–H and O–H groups in total. The van der Waals surface area contributed by atoms with Crippen LogP contribution in [0.1, 0.15) is 19.7 Å². The number of nitrogens with zero attached hydrogens (tertiary/aromatic N) is 2. The molecule has 1 aromatic heterocycles. The average Bonchev–Trinajstić information content (AvgIpc) is 2.56. The Kier molecular flexibility index (Phi) is 2.41. The first-order valence-electron chi connectivity index (χ1n) is 4.87. The van der Waals surface area contributed by atoms with Crippen LogP contribution in [0.2, 0.25) is 0 Å². The third-order valence-electron chi connectivity index (χ3n) is 2.12. The van der Waals surface area contributed by atoms with Gasteiger partial charge in [-0.2, -0.15) is 4.73 Å². The van der Waals surface area contributed by atoms with Crippen molar-refractivity contribution in [3.05, 3.63) is 30.1 Å². The number of fused-ring (bicyclic) bond motifs is 1. The van der Waals surface area contributed by atoms with Crippen molar-refractivity contribution in [2.45, 2.75) is 20.3 Å². The fourth-order valence-electron chi connectivity index (χ4n) is 1.51. The van der Waals surface area contributed by atoms with E-state index in [1.165, 1.54) is 11.7 Å². The topological polar surface area (TPSA) is 44.1 Å². The molecule has 1 heterocycles. The van der Waals surface area contributed by atoms with Crippen LogP contribution >= 0.6 is 0 Å². The maximum absolute atomic E-state index is 11.0. The van der Waals surface area contributed by atoms with Gasteiger partial charge in [-0.25, -0.2) is 9.78 Å². The molecule has 0 bridgehead atoms. The molecule has 0 amide bonds. The summed E-state index contributed by atoms with van der Waals surface area (Å²) in [5, 5.41) is 0. The molecule has 0 saturated heterocycles. The molecule has 0 aliphatic heterocycles. The smallest absolute Gasteiger partial charge is 0.329 e. The van der Waals surface area contributed by atoms with Crippen molar-refractivity contribution in [1.29, 1.82) is 0 Å². The first-order chi connectivity index (χ1) is 7.22. The lowest BCUT2D eigenvalue weighted by atomic mass is 10.3. The Morgan fingerprint density at radius 1 is 1.47 bits per heavy atom. The fraction of sp³-hybridized carbons (Fsp3) is 0.273. The van der Waals surface area contributed by atoms with Crippen LogP contribution in [0, 0.1) is 0 Å². The highest BCUT2D eigenvalue weighted by Gasteiger charge is 2.10. The molecule has 15 heavy (non-hydrogen) atoms. The summed E-state index contributed by atoms with van der Waals surface area (Å²) in [5.41, 5.74) is 1.67. The van der Waals surface area contributed by atoms with E-state index < -0.39 is 0 Å². The van der Waals surface area contributed by atoms with Crippen molar-refractivity contribution in [3.8, 4) is 0 Å². The highest BCUT2D eigenvalue weighted by Crippen LogP contribution is 2.14. The quantitative estimate of drug-likeness (QED) is 0.745. The van der Waals surface area contributed by atoms with Crippen LogP contribution in [-0.4, -0.2) is 15.7 Å². The Bertz CT molecular complexity index is 502. The monoisotopic (exact) mass is 204 g/mol. The summed E-state index contributed by atoms with van der Waals surface area (Å²) in [4.78, 5) is 20.4. The van der Waals surface area contributed by atoms with E-state index >= 15 is 0 Å². The van der Waals surface area contributed by atoms with Gasteiger partial charge in [0.1, 0.15) is 11.3 Å². The second kappa shape index (κ2) is 3.73. The largest absolute Gasteiger partial charge is 0.335 e. The summed E-state index contributed by atoms with van der Waals surface area (Å²) in [5.74, 6) is 0.416. The predicted molar refractivity (Wildman–Crippen MR) is 56.4 cm³/mol. The van der Waals surface area contributed by atoms with Gasteiger partial charge in [-0.15, -0.1) is 0 Å². The first kappa shape index (κ1) is 9.71. The van der Waals surface area contributed by atoms with Gasteiger partial charge in [-0.3, -0.25) is 0 Å². The number of rotatable bonds is 2. The molecule has 0 fully saturated rings. The van der Waals surface area contributed by atoms with Crippen LogP contribution in [0.5, 0.6) is 0 Å². The van der Waals surface area contributed by atoms with E-state index in [0.29, 0.717) is 0 Å². The zero-order valence-corrected chi connectivity index (χ0v) is 8.73. The second-order valence-corrected chi connectivity index (χ2v) is 3.25. The number of hydrogen-bond donors (Lipinski definition) is 0. The molecule has 0 unspecified atom stereocenters. The van der Waals surface area contributed by atoms with Gasteiger partial charge < -0.3 is 4.84 Å². The Balaban J connectivity index is 2.61. The Morgan fingerprint density at radius 2 is 2.20 bits per heavy atom. The van der Waals surface area contributed by atoms with Gasteiger partial charge in [0.15, 0.2) is 0 Å². The molecule has 0 atom stereocenters. The molecule has 4 nitrogen and oxygen atoms in total. The Labute approximate surface area is 87.4 Å². The number of para-hydroxylation sites is 2. The predicted octanol–water partition coefficient (Wildman–Crippen LogP) is 1.57. The van der Waals surface area contributed by atoms with Gasteiger partial charge in [0.2, 0.25) is 0 Å². The lowest BCUT2D eigenvalue weighted by molar-refractivity contribution is -0.141. The highest BCUT2D eigenvalue weighted by atomic mass is 16.7. The minimum Gasteiger partial charge on any atom is -0.335 e. The van der Waals surface area contributed by atoms with Crippen LogP contribution in [0.3, 0.4) is 0 Å². The third kappa shape index (κ3) is 1.70. The number of carbonyl (C=O) groups excluding carboxylic acids is 1. The molecule has 0 radical (unpaired) electrons. The molecule has 4 heteroatoms. The number of carbonyl (C=O) groups is 1. The van der Waals surface area contributed by atoms with Crippen molar-refractivity contribution in [2.75, 3.05) is 0 Å². The number of aryl methyl sites for hydroxylation is 1. The zero-order chi connectivity index (χ0) is 10.8. The van der Waals surface area contributed by atoms with E-state index in [0.717, 1.165) is 23.3 Å². The Morgan fingerprint density at radius 3 is 2.87 bits per heavy atom. The molecule has 0 saturated carbocycles. The zero-order valence-electron chi connectivity index (χ0n) is 8.73. The number of imidazole rings is 1. The van der Waals surface area contributed by atoms with E-state index in [1.54, 1.807) is 0 Å². The highest BCUT2D eigenvalue weighted by molar-refractivity contribution is 5.76. The molecule has 0 aliphatic rings. The van der Waals surface area contributed by atoms with Crippen LogP contribution in [-0.2, 0) is 11.2 Å². The van der Waals surface area contributed by atoms with E-state index in [9.17, 15) is 4.79 Å². The summed E-state index contributed by atoms with van der Waals surface area (Å²) < 4.78 is 1.50. The van der Waals surface area contributed by atoms with Crippen molar-refractivity contribution < 1.29 is 9.63 Å². The molecule has 0 aliphatic carbocycles. The summed E-state index contributed by atoms with van der Waals surface area (Å²) in [6.45, 7) is 3.36. The van der Waals surface area contributed by atoms with Crippen LogP contribution < -0.4 is 4.84 Å². The van der Waals surface area contributed by atoms with E-state index in [2.05, 4.69) is 4.98 Å². The third-order valence-corrected chi connectivity index (χ3v) is 2.12. The van der Waals surface area contributed by atoms with Crippen molar-refractivity contribution in [1.82, 2.24) is 9.71 Å². The molecule has 2 rings (SSSR count). The lowest BCUT2D eigenvalue weighted by Gasteiger charge is -2.05. The second-order valence-electron chi connectivity index (χ2n) is 3.25. The average molecular weight is 204 g/mol. The van der Waals surface area contributed by atoms with E-state index in [1.807, 2.05) is 31.2 Å². The minimum atomic E-state index is -0.340. The maximum atomic E-state index is 11.0. The molecule has 78 valence electrons. The summed E-state index contributed by atoms with van der Waals surface area (Å²) >= 11 is 0. The number of hydrogen-bond acceptors (Lipinski definition) is 3. The van der Waals surface area contributed by atoms with Gasteiger partial charge in [0.25, 0.3) is 0 Å². The molecular weight excluding hydrogens is 192 g/mol. The molecule has 0 spiro atoms. The van der Waals surface area contributed by atoms with Crippen LogP contribution in [0.4, 0.5) is 0 Å². The van der Waals surface area contributed by atoms with Crippen molar-refractivity contribution in [3.63, 3.8) is 0 Å². The SMILES string of the molecule is CCc1nc2ccccc2n1OC(C)=O. The van der Waals surface area contributed by atoms with E-state index in [4.69, 9.17) is 4.84 Å². The molecular formula is C11H12N2O2. The van der Waals surface area contributed by atoms with E-state index in [-0.39, 0.29) is 5.97 Å². The summed E-state index contributed by atoms with van der Waals surface area (Å²) in [6.07, 6.45) is 0.724. The van der Waals surface area contributed by atoms with Gasteiger partial charge in [-0.05, 0) is 12.1 Å². The Hall–Kier alpha value is -1.84. The summed E-state index contributed by atoms with van der Waals surface area (Å²) in [7, 11) is 0. The van der Waals surface area contributed by atoms with Gasteiger partial charge in [0, 0.05) is 13.3 Å². The lowest BCUT2D eigenvalue weighted by Crippen LogP contribution is -2.18. The number of benzene rings is 1. The standard InChI is InChI=1S/C11H12N2O2/c1-3-11-12-9-6-4-5-7-10(9)13(11)15-8(2)14/h4-7H,3H2,1-2H3. The first-order valence-corrected chi connectivity index (χ1v) is 4.87. The van der Waals surface area contributed by atoms with Gasteiger partial charge >= 0.3 is 5.97 Å². The number of aromatic nitrogens is 2. The van der Waals surface area contributed by atoms with Crippen molar-refractivity contribution in [2.24, 2.45) is 0 Å². The maximum Gasteiger partial charge on any atom is 0.329 e. The molecule has 2 aromatic rings. The van der Waals surface area contributed by atoms with Gasteiger partial charge in [-0.1, -0.05) is 19.1 Å². The van der Waals surface area contributed by atoms with Crippen molar-refractivity contribution >= 4 is 17.0 Å². The molecule has 1 aromatic carbocycles. The van der Waals surface area contributed by atoms with Gasteiger partial charge in [0.05, 0.1) is 5.52 Å². The normalized spacial score (nSPS) is 10.5. The van der Waals surface area contributed by atoms with Crippen LogP contribution in [0.15, 0.2) is 24.3 Å².